The van der Waals surface area contributed by atoms with Gasteiger partial charge in [0.2, 0.25) is 5.91 Å². The Morgan fingerprint density at radius 1 is 1.18 bits per heavy atom. The zero-order valence-corrected chi connectivity index (χ0v) is 17.6. The van der Waals surface area contributed by atoms with Gasteiger partial charge in [-0.3, -0.25) is 19.4 Å². The van der Waals surface area contributed by atoms with Crippen molar-refractivity contribution in [1.82, 2.24) is 9.78 Å². The Hall–Kier alpha value is -2.15. The van der Waals surface area contributed by atoms with Gasteiger partial charge in [0.15, 0.2) is 0 Å². The first-order chi connectivity index (χ1) is 13.6. The number of aromatic nitrogens is 2. The van der Waals surface area contributed by atoms with Gasteiger partial charge >= 0.3 is 0 Å². The minimum absolute atomic E-state index is 0.0769. The summed E-state index contributed by atoms with van der Waals surface area (Å²) < 4.78 is 7.59. The third kappa shape index (κ3) is 4.29. The van der Waals surface area contributed by atoms with Crippen molar-refractivity contribution in [3.63, 3.8) is 0 Å². The van der Waals surface area contributed by atoms with Crippen molar-refractivity contribution in [2.45, 2.75) is 57.7 Å². The molecule has 2 heterocycles. The van der Waals surface area contributed by atoms with Crippen LogP contribution in [0.4, 0.5) is 5.82 Å². The number of benzene rings is 1. The maximum absolute atomic E-state index is 12.8. The fraction of sp³-hybridized carbons (Fsp3) is 0.524. The first-order valence-electron chi connectivity index (χ1n) is 10.1. The molecule has 6 nitrogen and oxygen atoms in total. The molecule has 0 saturated carbocycles. The van der Waals surface area contributed by atoms with Crippen molar-refractivity contribution in [2.75, 3.05) is 17.7 Å². The quantitative estimate of drug-likeness (QED) is 0.637. The van der Waals surface area contributed by atoms with Crippen LogP contribution in [-0.4, -0.2) is 28.0 Å². The molecule has 1 atom stereocenters. The van der Waals surface area contributed by atoms with Crippen molar-refractivity contribution < 1.29 is 9.53 Å². The van der Waals surface area contributed by atoms with Crippen LogP contribution in [0, 0.1) is 0 Å². The number of nitrogens with zero attached hydrogens (tertiary/aromatic N) is 1. The molecule has 2 N–H and O–H groups in total. The number of nitrogens with one attached hydrogen (secondary N) is 2. The summed E-state index contributed by atoms with van der Waals surface area (Å²) in [4.78, 5) is 25.1. The maximum atomic E-state index is 12.8. The standard InChI is InChI=1S/C21H29N3O3S/c1-4-7-12-27-16-10-8-14(9-11-16)19-18-20(22-17(25)13-28-19)24(23-21(18)26)15(5-2)6-3/h8-11,15,19H,4-7,12-13H2,1-3H3,(H,22,25)(H,23,26)/t19-/m1/s1. The predicted molar refractivity (Wildman–Crippen MR) is 114 cm³/mol. The Kier molecular flexibility index (Phi) is 6.88. The van der Waals surface area contributed by atoms with Gasteiger partial charge in [0.25, 0.3) is 5.56 Å². The molecule has 1 aromatic heterocycles. The third-order valence-electron chi connectivity index (χ3n) is 5.12. The number of H-pyrrole nitrogens is 1. The second-order valence-electron chi connectivity index (χ2n) is 7.05. The van der Waals surface area contributed by atoms with Gasteiger partial charge in [-0.25, -0.2) is 0 Å². The van der Waals surface area contributed by atoms with Crippen molar-refractivity contribution in [3.8, 4) is 5.75 Å². The van der Waals surface area contributed by atoms with Crippen LogP contribution < -0.4 is 15.6 Å². The second-order valence-corrected chi connectivity index (χ2v) is 8.15. The highest BCUT2D eigenvalue weighted by Gasteiger charge is 2.31. The number of fused-ring (bicyclic) bond motifs is 1. The summed E-state index contributed by atoms with van der Waals surface area (Å²) in [5.74, 6) is 1.68. The third-order valence-corrected chi connectivity index (χ3v) is 6.39. The molecule has 1 aromatic carbocycles. The van der Waals surface area contributed by atoms with Crippen LogP contribution in [0.5, 0.6) is 5.75 Å². The smallest absolute Gasteiger partial charge is 0.270 e. The molecule has 152 valence electrons. The monoisotopic (exact) mass is 403 g/mol. The molecule has 2 aromatic rings. The number of rotatable bonds is 8. The number of unbranched alkanes of at least 4 members (excludes halogenated alkanes) is 1. The van der Waals surface area contributed by atoms with E-state index in [2.05, 4.69) is 31.2 Å². The Morgan fingerprint density at radius 3 is 2.54 bits per heavy atom. The minimum atomic E-state index is -0.196. The molecule has 0 bridgehead atoms. The van der Waals surface area contributed by atoms with Crippen molar-refractivity contribution >= 4 is 23.5 Å². The molecule has 7 heteroatoms. The van der Waals surface area contributed by atoms with Gasteiger partial charge in [-0.05, 0) is 37.0 Å². The van der Waals surface area contributed by atoms with Gasteiger partial charge in [0.1, 0.15) is 11.6 Å². The second kappa shape index (κ2) is 9.37. The Morgan fingerprint density at radius 2 is 1.89 bits per heavy atom. The molecule has 0 radical (unpaired) electrons. The predicted octanol–water partition coefficient (Wildman–Crippen LogP) is 4.49. The molecule has 3 rings (SSSR count). The van der Waals surface area contributed by atoms with Crippen LogP contribution in [0.1, 0.15) is 68.9 Å². The minimum Gasteiger partial charge on any atom is -0.494 e. The van der Waals surface area contributed by atoms with Gasteiger partial charge in [-0.15, -0.1) is 11.8 Å². The number of amides is 1. The number of hydrogen-bond acceptors (Lipinski definition) is 4. The summed E-state index contributed by atoms with van der Waals surface area (Å²) in [6.45, 7) is 7.00. The SMILES string of the molecule is CCCCOc1ccc([C@H]2SCC(=O)Nc3c2c(=O)[nH]n3C(CC)CC)cc1. The lowest BCUT2D eigenvalue weighted by Crippen LogP contribution is -2.19. The van der Waals surface area contributed by atoms with E-state index in [1.807, 2.05) is 28.9 Å². The van der Waals surface area contributed by atoms with Crippen LogP contribution in [-0.2, 0) is 4.79 Å². The first-order valence-corrected chi connectivity index (χ1v) is 11.1. The molecule has 0 aliphatic carbocycles. The molecule has 1 amide bonds. The van der Waals surface area contributed by atoms with Crippen molar-refractivity contribution in [2.24, 2.45) is 0 Å². The Bertz CT molecular complexity index is 853. The van der Waals surface area contributed by atoms with Gasteiger partial charge in [0, 0.05) is 0 Å². The summed E-state index contributed by atoms with van der Waals surface area (Å²) in [5, 5.41) is 5.72. The zero-order chi connectivity index (χ0) is 20.1. The van der Waals surface area contributed by atoms with Gasteiger partial charge < -0.3 is 10.1 Å². The highest BCUT2D eigenvalue weighted by Crippen LogP contribution is 2.41. The molecule has 0 spiro atoms. The summed E-state index contributed by atoms with van der Waals surface area (Å²) in [6, 6.07) is 8.02. The summed E-state index contributed by atoms with van der Waals surface area (Å²) in [6.07, 6.45) is 3.88. The number of anilines is 1. The largest absolute Gasteiger partial charge is 0.494 e. The molecule has 1 aliphatic heterocycles. The number of carbonyl (C=O) groups is 1. The van der Waals surface area contributed by atoms with Crippen LogP contribution in [0.2, 0.25) is 0 Å². The van der Waals surface area contributed by atoms with Crippen LogP contribution in [0.3, 0.4) is 0 Å². The van der Waals surface area contributed by atoms with Crippen LogP contribution in [0.25, 0.3) is 0 Å². The molecular weight excluding hydrogens is 374 g/mol. The summed E-state index contributed by atoms with van der Waals surface area (Å²) in [5.41, 5.74) is 1.49. The molecule has 1 aliphatic rings. The van der Waals surface area contributed by atoms with E-state index in [0.717, 1.165) is 37.0 Å². The Balaban J connectivity index is 1.95. The van der Waals surface area contributed by atoms with Gasteiger partial charge in [-0.1, -0.05) is 39.3 Å². The van der Waals surface area contributed by atoms with Gasteiger partial charge in [0.05, 0.1) is 29.2 Å². The first kappa shape index (κ1) is 20.6. The molecule has 0 unspecified atom stereocenters. The summed E-state index contributed by atoms with van der Waals surface area (Å²) in [7, 11) is 0. The normalized spacial score (nSPS) is 16.6. The van der Waals surface area contributed by atoms with E-state index in [4.69, 9.17) is 4.74 Å². The Labute approximate surface area is 170 Å². The molecular formula is C21H29N3O3S. The summed E-state index contributed by atoms with van der Waals surface area (Å²) >= 11 is 1.48. The van der Waals surface area contributed by atoms with Crippen LogP contribution in [0.15, 0.2) is 29.1 Å². The lowest BCUT2D eigenvalue weighted by molar-refractivity contribution is -0.113. The number of carbonyl (C=O) groups excluding carboxylic acids is 1. The van der Waals surface area contributed by atoms with Crippen molar-refractivity contribution in [3.05, 3.63) is 45.7 Å². The van der Waals surface area contributed by atoms with E-state index in [1.54, 1.807) is 0 Å². The van der Waals surface area contributed by atoms with E-state index in [1.165, 1.54) is 11.8 Å². The maximum Gasteiger partial charge on any atom is 0.270 e. The van der Waals surface area contributed by atoms with Gasteiger partial charge in [-0.2, -0.15) is 0 Å². The van der Waals surface area contributed by atoms with E-state index in [-0.39, 0.29) is 22.8 Å². The average Bonchev–Trinajstić information content (AvgIpc) is 2.89. The molecule has 0 saturated heterocycles. The van der Waals surface area contributed by atoms with E-state index >= 15 is 0 Å². The zero-order valence-electron chi connectivity index (χ0n) is 16.8. The van der Waals surface area contributed by atoms with Crippen molar-refractivity contribution in [1.29, 1.82) is 0 Å². The number of aromatic amines is 1. The fourth-order valence-corrected chi connectivity index (χ4v) is 4.63. The highest BCUT2D eigenvalue weighted by atomic mass is 32.2. The van der Waals surface area contributed by atoms with E-state index in [0.29, 0.717) is 23.7 Å². The number of thioether (sulfide) groups is 1. The van der Waals surface area contributed by atoms with E-state index < -0.39 is 0 Å². The molecule has 0 fully saturated rings. The number of ether oxygens (including phenoxy) is 1. The fourth-order valence-electron chi connectivity index (χ4n) is 3.51. The van der Waals surface area contributed by atoms with E-state index in [9.17, 15) is 9.59 Å². The lowest BCUT2D eigenvalue weighted by atomic mass is 10.1. The van der Waals surface area contributed by atoms with Crippen LogP contribution >= 0.6 is 11.8 Å². The lowest BCUT2D eigenvalue weighted by Gasteiger charge is -2.18. The highest BCUT2D eigenvalue weighted by molar-refractivity contribution is 8.00. The average molecular weight is 404 g/mol. The number of hydrogen-bond donors (Lipinski definition) is 2. The topological polar surface area (TPSA) is 76.1 Å². The molecule has 28 heavy (non-hydrogen) atoms.